The molecule has 1 aromatic heterocycles. The highest BCUT2D eigenvalue weighted by molar-refractivity contribution is 6.32. The first-order valence-electron chi connectivity index (χ1n) is 6.83. The van der Waals surface area contributed by atoms with E-state index in [2.05, 4.69) is 10.3 Å². The van der Waals surface area contributed by atoms with Gasteiger partial charge in [-0.15, -0.1) is 0 Å². The predicted octanol–water partition coefficient (Wildman–Crippen LogP) is 3.32. The number of ether oxygens (including phenoxy) is 2. The summed E-state index contributed by atoms with van der Waals surface area (Å²) in [5.41, 5.74) is 1.28. The molecule has 5 nitrogen and oxygen atoms in total. The van der Waals surface area contributed by atoms with Gasteiger partial charge in [-0.05, 0) is 37.3 Å². The Hall–Kier alpha value is -2.27. The Balaban J connectivity index is 1.96. The van der Waals surface area contributed by atoms with Crippen LogP contribution in [0.5, 0.6) is 11.5 Å². The maximum absolute atomic E-state index is 12.0. The molecule has 22 heavy (non-hydrogen) atoms. The van der Waals surface area contributed by atoms with Gasteiger partial charge in [0.2, 0.25) is 5.91 Å². The fraction of sp³-hybridized carbons (Fsp3) is 0.250. The molecule has 0 spiro atoms. The molecule has 0 saturated heterocycles. The number of amides is 1. The van der Waals surface area contributed by atoms with Crippen molar-refractivity contribution < 1.29 is 14.3 Å². The highest BCUT2D eigenvalue weighted by Gasteiger charge is 2.08. The van der Waals surface area contributed by atoms with Crippen molar-refractivity contribution in [3.63, 3.8) is 0 Å². The van der Waals surface area contributed by atoms with Gasteiger partial charge in [0.1, 0.15) is 11.5 Å². The van der Waals surface area contributed by atoms with Crippen molar-refractivity contribution in [2.24, 2.45) is 0 Å². The van der Waals surface area contributed by atoms with E-state index >= 15 is 0 Å². The highest BCUT2D eigenvalue weighted by Crippen LogP contribution is 2.27. The van der Waals surface area contributed by atoms with Crippen LogP contribution in [-0.4, -0.2) is 24.6 Å². The van der Waals surface area contributed by atoms with Gasteiger partial charge in [-0.1, -0.05) is 11.6 Å². The molecule has 0 atom stereocenters. The fourth-order valence-corrected chi connectivity index (χ4v) is 2.14. The van der Waals surface area contributed by atoms with Crippen molar-refractivity contribution in [2.45, 2.75) is 13.3 Å². The summed E-state index contributed by atoms with van der Waals surface area (Å²) in [6, 6.07) is 8.64. The van der Waals surface area contributed by atoms with Crippen LogP contribution < -0.4 is 14.8 Å². The summed E-state index contributed by atoms with van der Waals surface area (Å²) in [6.07, 6.45) is 1.78. The van der Waals surface area contributed by atoms with Gasteiger partial charge in [-0.2, -0.15) is 0 Å². The van der Waals surface area contributed by atoms with E-state index in [0.29, 0.717) is 34.5 Å². The van der Waals surface area contributed by atoms with E-state index in [-0.39, 0.29) is 12.3 Å². The molecule has 116 valence electrons. The van der Waals surface area contributed by atoms with Crippen molar-refractivity contribution in [1.29, 1.82) is 0 Å². The second kappa shape index (κ2) is 7.66. The zero-order valence-electron chi connectivity index (χ0n) is 12.4. The van der Waals surface area contributed by atoms with Gasteiger partial charge in [-0.3, -0.25) is 9.78 Å². The average molecular weight is 321 g/mol. The largest absolute Gasteiger partial charge is 0.495 e. The van der Waals surface area contributed by atoms with Crippen LogP contribution in [0.1, 0.15) is 12.6 Å². The zero-order valence-corrected chi connectivity index (χ0v) is 13.2. The molecule has 1 amide bonds. The summed E-state index contributed by atoms with van der Waals surface area (Å²) in [4.78, 5) is 16.2. The number of hydrogen-bond donors (Lipinski definition) is 1. The Morgan fingerprint density at radius 2 is 2.14 bits per heavy atom. The van der Waals surface area contributed by atoms with E-state index < -0.39 is 0 Å². The average Bonchev–Trinajstić information content (AvgIpc) is 2.50. The van der Waals surface area contributed by atoms with Gasteiger partial charge in [0, 0.05) is 11.4 Å². The third-order valence-corrected chi connectivity index (χ3v) is 3.18. The fourth-order valence-electron chi connectivity index (χ4n) is 1.88. The molecule has 6 heteroatoms. The number of benzene rings is 1. The maximum atomic E-state index is 12.0. The molecule has 0 unspecified atom stereocenters. The first-order valence-corrected chi connectivity index (χ1v) is 7.21. The molecule has 2 rings (SSSR count). The Labute approximate surface area is 134 Å². The van der Waals surface area contributed by atoms with Gasteiger partial charge in [-0.25, -0.2) is 0 Å². The van der Waals surface area contributed by atoms with Crippen molar-refractivity contribution in [3.8, 4) is 11.5 Å². The second-order valence-electron chi connectivity index (χ2n) is 4.49. The molecule has 1 N–H and O–H groups in total. The van der Waals surface area contributed by atoms with Gasteiger partial charge < -0.3 is 14.8 Å². The van der Waals surface area contributed by atoms with E-state index in [9.17, 15) is 4.79 Å². The molecular formula is C16H17ClN2O3. The summed E-state index contributed by atoms with van der Waals surface area (Å²) in [5, 5.41) is 3.22. The van der Waals surface area contributed by atoms with Crippen LogP contribution in [0.25, 0.3) is 0 Å². The second-order valence-corrected chi connectivity index (χ2v) is 4.90. The van der Waals surface area contributed by atoms with Crippen LogP contribution in [0, 0.1) is 0 Å². The van der Waals surface area contributed by atoms with Crippen molar-refractivity contribution in [3.05, 3.63) is 47.2 Å². The summed E-state index contributed by atoms with van der Waals surface area (Å²) in [7, 11) is 1.54. The lowest BCUT2D eigenvalue weighted by molar-refractivity contribution is -0.115. The number of halogens is 1. The number of methoxy groups -OCH3 is 1. The highest BCUT2D eigenvalue weighted by atomic mass is 35.5. The van der Waals surface area contributed by atoms with Gasteiger partial charge >= 0.3 is 0 Å². The topological polar surface area (TPSA) is 60.5 Å². The smallest absolute Gasteiger partial charge is 0.230 e. The van der Waals surface area contributed by atoms with Crippen molar-refractivity contribution >= 4 is 23.2 Å². The predicted molar refractivity (Wildman–Crippen MR) is 85.7 cm³/mol. The van der Waals surface area contributed by atoms with Gasteiger partial charge in [0.15, 0.2) is 0 Å². The van der Waals surface area contributed by atoms with E-state index in [4.69, 9.17) is 21.1 Å². The van der Waals surface area contributed by atoms with Crippen molar-refractivity contribution in [2.75, 3.05) is 19.0 Å². The van der Waals surface area contributed by atoms with Crippen molar-refractivity contribution in [1.82, 2.24) is 4.98 Å². The minimum absolute atomic E-state index is 0.169. The normalized spacial score (nSPS) is 10.1. The molecule has 0 bridgehead atoms. The number of aromatic nitrogens is 1. The Morgan fingerprint density at radius 1 is 1.32 bits per heavy atom. The molecule has 0 radical (unpaired) electrons. The monoisotopic (exact) mass is 320 g/mol. The molecule has 1 heterocycles. The van der Waals surface area contributed by atoms with E-state index in [1.165, 1.54) is 7.11 Å². The Morgan fingerprint density at radius 3 is 2.73 bits per heavy atom. The third kappa shape index (κ3) is 4.36. The number of hydrogen-bond acceptors (Lipinski definition) is 4. The van der Waals surface area contributed by atoms with E-state index in [1.54, 1.807) is 36.5 Å². The molecule has 0 aliphatic rings. The summed E-state index contributed by atoms with van der Waals surface area (Å²) in [5.74, 6) is 1.08. The molecule has 0 saturated carbocycles. The molecule has 2 aromatic rings. The van der Waals surface area contributed by atoms with Crippen LogP contribution in [0.2, 0.25) is 5.02 Å². The van der Waals surface area contributed by atoms with E-state index in [1.807, 2.05) is 6.92 Å². The molecule has 0 aliphatic heterocycles. The lowest BCUT2D eigenvalue weighted by atomic mass is 10.2. The maximum Gasteiger partial charge on any atom is 0.230 e. The lowest BCUT2D eigenvalue weighted by Crippen LogP contribution is -2.15. The lowest BCUT2D eigenvalue weighted by Gasteiger charge is -2.08. The van der Waals surface area contributed by atoms with Gasteiger partial charge in [0.25, 0.3) is 0 Å². The standard InChI is InChI=1S/C16H17ClN2O3/c1-3-22-13-6-4-11(18-10-13)9-16(20)19-12-5-7-15(21-2)14(17)8-12/h4-8,10H,3,9H2,1-2H3,(H,19,20). The van der Waals surface area contributed by atoms with E-state index in [0.717, 1.165) is 0 Å². The summed E-state index contributed by atoms with van der Waals surface area (Å²) < 4.78 is 10.4. The summed E-state index contributed by atoms with van der Waals surface area (Å²) >= 11 is 6.02. The minimum atomic E-state index is -0.169. The zero-order chi connectivity index (χ0) is 15.9. The molecule has 0 aliphatic carbocycles. The van der Waals surface area contributed by atoms with Crippen LogP contribution in [0.15, 0.2) is 36.5 Å². The van der Waals surface area contributed by atoms with Crippen LogP contribution in [0.4, 0.5) is 5.69 Å². The number of anilines is 1. The first-order chi connectivity index (χ1) is 10.6. The van der Waals surface area contributed by atoms with Gasteiger partial charge in [0.05, 0.1) is 31.4 Å². The Kier molecular flexibility index (Phi) is 5.61. The quantitative estimate of drug-likeness (QED) is 0.887. The summed E-state index contributed by atoms with van der Waals surface area (Å²) in [6.45, 7) is 2.49. The first kappa shape index (κ1) is 16.1. The van der Waals surface area contributed by atoms with Crippen LogP contribution >= 0.6 is 11.6 Å². The number of nitrogens with zero attached hydrogens (tertiary/aromatic N) is 1. The Bertz CT molecular complexity index is 644. The number of rotatable bonds is 6. The van der Waals surface area contributed by atoms with Crippen LogP contribution in [0.3, 0.4) is 0 Å². The third-order valence-electron chi connectivity index (χ3n) is 2.89. The molecule has 0 fully saturated rings. The van der Waals surface area contributed by atoms with Crippen LogP contribution in [-0.2, 0) is 11.2 Å². The molecular weight excluding hydrogens is 304 g/mol. The SMILES string of the molecule is CCOc1ccc(CC(=O)Nc2ccc(OC)c(Cl)c2)nc1. The number of carbonyl (C=O) groups is 1. The number of nitrogens with one attached hydrogen (secondary N) is 1. The minimum Gasteiger partial charge on any atom is -0.495 e. The molecule has 1 aromatic carbocycles. The number of carbonyl (C=O) groups excluding carboxylic acids is 1. The number of pyridine rings is 1.